The van der Waals surface area contributed by atoms with E-state index in [1.807, 2.05) is 13.3 Å². The van der Waals surface area contributed by atoms with Crippen molar-refractivity contribution in [2.24, 2.45) is 0 Å². The summed E-state index contributed by atoms with van der Waals surface area (Å²) in [6.45, 7) is 16.0. The van der Waals surface area contributed by atoms with Crippen LogP contribution in [0.4, 0.5) is 11.5 Å². The zero-order valence-corrected chi connectivity index (χ0v) is 23.5. The Bertz CT molecular complexity index is 1270. The van der Waals surface area contributed by atoms with Gasteiger partial charge in [-0.05, 0) is 75.3 Å². The summed E-state index contributed by atoms with van der Waals surface area (Å²) in [5.74, 6) is 2.41. The van der Waals surface area contributed by atoms with Gasteiger partial charge in [0.05, 0.1) is 11.8 Å². The highest BCUT2D eigenvalue weighted by Crippen LogP contribution is 2.37. The summed E-state index contributed by atoms with van der Waals surface area (Å²) < 4.78 is 5.73. The lowest BCUT2D eigenvalue weighted by Gasteiger charge is -2.41. The van der Waals surface area contributed by atoms with Gasteiger partial charge in [0.25, 0.3) is 0 Å². The van der Waals surface area contributed by atoms with Crippen LogP contribution < -0.4 is 9.80 Å². The Hall–Kier alpha value is -2.99. The third kappa shape index (κ3) is 4.96. The van der Waals surface area contributed by atoms with E-state index in [2.05, 4.69) is 80.6 Å². The van der Waals surface area contributed by atoms with E-state index < -0.39 is 0 Å². The van der Waals surface area contributed by atoms with Crippen molar-refractivity contribution in [2.45, 2.75) is 85.4 Å². The quantitative estimate of drug-likeness (QED) is 0.419. The van der Waals surface area contributed by atoms with E-state index in [-0.39, 0.29) is 0 Å². The molecule has 0 spiro atoms. The molecule has 0 amide bonds. The van der Waals surface area contributed by atoms with Gasteiger partial charge in [-0.3, -0.25) is 4.98 Å². The fourth-order valence-corrected chi connectivity index (χ4v) is 5.97. The Labute approximate surface area is 222 Å². The van der Waals surface area contributed by atoms with Crippen LogP contribution in [0.1, 0.15) is 73.2 Å². The molecule has 2 aliphatic heterocycles. The van der Waals surface area contributed by atoms with Crippen molar-refractivity contribution in [1.82, 2.24) is 15.0 Å². The van der Waals surface area contributed by atoms with Crippen molar-refractivity contribution in [2.75, 3.05) is 30.0 Å². The summed E-state index contributed by atoms with van der Waals surface area (Å²) in [6, 6.07) is 9.33. The molecule has 0 unspecified atom stereocenters. The first-order valence-corrected chi connectivity index (χ1v) is 13.7. The molecule has 37 heavy (non-hydrogen) atoms. The highest BCUT2D eigenvalue weighted by Gasteiger charge is 2.32. The van der Waals surface area contributed by atoms with Crippen LogP contribution in [0.25, 0.3) is 11.4 Å². The lowest BCUT2D eigenvalue weighted by molar-refractivity contribution is 0.0719. The van der Waals surface area contributed by atoms with Gasteiger partial charge in [-0.25, -0.2) is 9.97 Å². The molecule has 0 radical (unpaired) electrons. The van der Waals surface area contributed by atoms with Gasteiger partial charge in [-0.15, -0.1) is 0 Å². The Morgan fingerprint density at radius 1 is 1.03 bits per heavy atom. The van der Waals surface area contributed by atoms with E-state index >= 15 is 0 Å². The number of methoxy groups -OCH3 is 1. The van der Waals surface area contributed by atoms with Crippen molar-refractivity contribution >= 4 is 11.5 Å². The summed E-state index contributed by atoms with van der Waals surface area (Å²) in [6.07, 6.45) is 5.11. The second-order valence-electron chi connectivity index (χ2n) is 11.2. The monoisotopic (exact) mass is 499 g/mol. The van der Waals surface area contributed by atoms with Crippen molar-refractivity contribution < 1.29 is 4.74 Å². The summed E-state index contributed by atoms with van der Waals surface area (Å²) in [5.41, 5.74) is 9.70. The number of benzene rings is 1. The van der Waals surface area contributed by atoms with E-state index in [1.54, 1.807) is 0 Å². The molecule has 2 aliphatic rings. The highest BCUT2D eigenvalue weighted by molar-refractivity contribution is 5.67. The first kappa shape index (κ1) is 25.7. The number of nitrogens with zero attached hydrogens (tertiary/aromatic N) is 5. The van der Waals surface area contributed by atoms with Crippen LogP contribution in [0.2, 0.25) is 0 Å². The second-order valence-corrected chi connectivity index (χ2v) is 11.2. The maximum Gasteiger partial charge on any atom is 0.163 e. The molecule has 2 atom stereocenters. The number of anilines is 2. The molecule has 4 heterocycles. The highest BCUT2D eigenvalue weighted by atomic mass is 16.5. The molecule has 1 fully saturated rings. The largest absolute Gasteiger partial charge is 0.381 e. The maximum atomic E-state index is 5.73. The first-order valence-electron chi connectivity index (χ1n) is 13.7. The lowest BCUT2D eigenvalue weighted by Crippen LogP contribution is -2.45. The number of aryl methyl sites for hydroxylation is 3. The number of piperidine rings is 1. The average molecular weight is 500 g/mol. The van der Waals surface area contributed by atoms with E-state index in [0.717, 1.165) is 61.8 Å². The van der Waals surface area contributed by atoms with Gasteiger partial charge in [0, 0.05) is 67.9 Å². The van der Waals surface area contributed by atoms with Crippen LogP contribution in [0.5, 0.6) is 0 Å². The molecular weight excluding hydrogens is 458 g/mol. The third-order valence-corrected chi connectivity index (χ3v) is 8.28. The molecule has 1 aromatic carbocycles. The number of fused-ring (bicyclic) bond motifs is 1. The average Bonchev–Trinajstić information content (AvgIpc) is 2.88. The smallest absolute Gasteiger partial charge is 0.163 e. The van der Waals surface area contributed by atoms with E-state index in [0.29, 0.717) is 18.1 Å². The number of pyridine rings is 1. The fraction of sp³-hybridized carbons (Fsp3) is 0.516. The lowest BCUT2D eigenvalue weighted by atomic mass is 9.96. The Kier molecular flexibility index (Phi) is 7.21. The Morgan fingerprint density at radius 2 is 1.84 bits per heavy atom. The summed E-state index contributed by atoms with van der Waals surface area (Å²) in [5, 5.41) is 0. The standard InChI is InChI=1S/C31H41N5O/c1-19(2)24-9-8-20(3)28(17-24)35-14-12-27-26(18-35)31(36-15-11-25(37-7)16-22(36)5)34-30(33-27)29-21(4)10-13-32-23(29)6/h8-10,13,17,19,22,25H,11-12,14-16,18H2,1-7H3/t22-,25-/m1/s1. The summed E-state index contributed by atoms with van der Waals surface area (Å²) in [4.78, 5) is 20.1. The number of hydrogen-bond acceptors (Lipinski definition) is 6. The first-order chi connectivity index (χ1) is 17.8. The van der Waals surface area contributed by atoms with Gasteiger partial charge in [0.2, 0.25) is 0 Å². The fourth-order valence-electron chi connectivity index (χ4n) is 5.97. The Balaban J connectivity index is 1.60. The van der Waals surface area contributed by atoms with Crippen LogP contribution in [0.15, 0.2) is 30.5 Å². The molecule has 0 bridgehead atoms. The summed E-state index contributed by atoms with van der Waals surface area (Å²) >= 11 is 0. The number of hydrogen-bond donors (Lipinski definition) is 0. The van der Waals surface area contributed by atoms with Crippen molar-refractivity contribution in [3.63, 3.8) is 0 Å². The minimum atomic E-state index is 0.309. The molecule has 6 nitrogen and oxygen atoms in total. The predicted octanol–water partition coefficient (Wildman–Crippen LogP) is 6.15. The van der Waals surface area contributed by atoms with E-state index in [4.69, 9.17) is 14.7 Å². The molecule has 0 N–H and O–H groups in total. The van der Waals surface area contributed by atoms with Gasteiger partial charge < -0.3 is 14.5 Å². The minimum Gasteiger partial charge on any atom is -0.381 e. The zero-order valence-electron chi connectivity index (χ0n) is 23.5. The van der Waals surface area contributed by atoms with Crippen molar-refractivity contribution in [1.29, 1.82) is 0 Å². The molecule has 0 saturated carbocycles. The molecule has 196 valence electrons. The molecule has 2 aromatic heterocycles. The van der Waals surface area contributed by atoms with Crippen molar-refractivity contribution in [3.8, 4) is 11.4 Å². The van der Waals surface area contributed by atoms with Gasteiger partial charge in [-0.1, -0.05) is 26.0 Å². The molecular formula is C31H41N5O. The van der Waals surface area contributed by atoms with Crippen LogP contribution >= 0.6 is 0 Å². The molecule has 6 heteroatoms. The molecule has 3 aromatic rings. The van der Waals surface area contributed by atoms with Gasteiger partial charge >= 0.3 is 0 Å². The zero-order chi connectivity index (χ0) is 26.3. The molecule has 1 saturated heterocycles. The minimum absolute atomic E-state index is 0.309. The topological polar surface area (TPSA) is 54.4 Å². The molecule has 0 aliphatic carbocycles. The molecule has 5 rings (SSSR count). The van der Waals surface area contributed by atoms with Gasteiger partial charge in [0.1, 0.15) is 5.82 Å². The van der Waals surface area contributed by atoms with Crippen LogP contribution in [0.3, 0.4) is 0 Å². The number of rotatable bonds is 5. The van der Waals surface area contributed by atoms with Crippen LogP contribution in [-0.2, 0) is 17.7 Å². The second kappa shape index (κ2) is 10.4. The van der Waals surface area contributed by atoms with Crippen LogP contribution in [-0.4, -0.2) is 47.3 Å². The number of aromatic nitrogens is 3. The van der Waals surface area contributed by atoms with Crippen molar-refractivity contribution in [3.05, 3.63) is 64.1 Å². The SMILES string of the molecule is CO[C@@H]1CCN(c2nc(-c3c(C)ccnc3C)nc3c2CN(c2cc(C(C)C)ccc2C)CC3)[C@H](C)C1. The Morgan fingerprint density at radius 3 is 2.54 bits per heavy atom. The predicted molar refractivity (Wildman–Crippen MR) is 152 cm³/mol. The summed E-state index contributed by atoms with van der Waals surface area (Å²) in [7, 11) is 1.83. The number of ether oxygens (including phenoxy) is 1. The van der Waals surface area contributed by atoms with E-state index in [9.17, 15) is 0 Å². The van der Waals surface area contributed by atoms with Gasteiger partial charge in [-0.2, -0.15) is 0 Å². The maximum absolute atomic E-state index is 5.73. The van der Waals surface area contributed by atoms with Gasteiger partial charge in [0.15, 0.2) is 5.82 Å². The van der Waals surface area contributed by atoms with Crippen LogP contribution in [0, 0.1) is 20.8 Å². The third-order valence-electron chi connectivity index (χ3n) is 8.28. The normalized spacial score (nSPS) is 19.9. The van der Waals surface area contributed by atoms with E-state index in [1.165, 1.54) is 33.6 Å².